The summed E-state index contributed by atoms with van der Waals surface area (Å²) in [6.07, 6.45) is 4.96. The summed E-state index contributed by atoms with van der Waals surface area (Å²) in [7, 11) is 0. The number of nitrogens with zero attached hydrogens (tertiary/aromatic N) is 4. The van der Waals surface area contributed by atoms with Gasteiger partial charge in [0.25, 0.3) is 6.02 Å². The van der Waals surface area contributed by atoms with E-state index in [1.54, 1.807) is 18.7 Å². The van der Waals surface area contributed by atoms with Crippen molar-refractivity contribution >= 4 is 34.1 Å². The first-order chi connectivity index (χ1) is 15.9. The van der Waals surface area contributed by atoms with Crippen molar-refractivity contribution in [3.8, 4) is 11.5 Å². The third-order valence-corrected chi connectivity index (χ3v) is 5.15. The molecule has 5 rings (SSSR count). The second-order valence-electron chi connectivity index (χ2n) is 8.49. The molecule has 0 saturated heterocycles. The molecule has 0 radical (unpaired) electrons. The molecule has 8 heteroatoms. The minimum Gasteiger partial charge on any atom is -0.462 e. The largest absolute Gasteiger partial charge is 0.462 e. The van der Waals surface area contributed by atoms with Crippen molar-refractivity contribution in [2.24, 2.45) is 4.99 Å². The molecule has 8 nitrogen and oxygen atoms in total. The van der Waals surface area contributed by atoms with Gasteiger partial charge in [-0.3, -0.25) is 4.98 Å². The average molecular weight is 441 g/mol. The van der Waals surface area contributed by atoms with E-state index >= 15 is 0 Å². The van der Waals surface area contributed by atoms with Crippen LogP contribution in [0.1, 0.15) is 19.4 Å². The van der Waals surface area contributed by atoms with E-state index in [0.29, 0.717) is 24.2 Å². The van der Waals surface area contributed by atoms with Gasteiger partial charge in [0, 0.05) is 23.0 Å². The van der Waals surface area contributed by atoms with Crippen LogP contribution in [0.5, 0.6) is 11.5 Å². The Morgan fingerprint density at radius 1 is 1.00 bits per heavy atom. The first kappa shape index (κ1) is 20.7. The Morgan fingerprint density at radius 3 is 2.61 bits per heavy atom. The van der Waals surface area contributed by atoms with Crippen LogP contribution in [0.25, 0.3) is 10.9 Å². The summed E-state index contributed by atoms with van der Waals surface area (Å²) < 4.78 is 11.6. The number of aromatic nitrogens is 3. The maximum atomic E-state index is 5.93. The van der Waals surface area contributed by atoms with E-state index in [-0.39, 0.29) is 5.54 Å². The quantitative estimate of drug-likeness (QED) is 0.426. The van der Waals surface area contributed by atoms with Crippen LogP contribution in [0.3, 0.4) is 0 Å². The molecule has 0 aliphatic carbocycles. The standard InChI is InChI=1S/C25H24N6O2/c1-16-11-17(7-9-22(16)33-19-5-4-10-26-13-19)29-23-20-12-18(6-8-21(20)27-15-28-23)30-24-31-25(2,3)14-32-24/h4-13,15H,14H2,1-3H3,(H,30,31)(H,27,28,29). The Kier molecular flexibility index (Phi) is 5.26. The monoisotopic (exact) mass is 440 g/mol. The number of hydrogen-bond acceptors (Lipinski definition) is 8. The molecule has 3 heterocycles. The molecule has 0 spiro atoms. The molecule has 1 aliphatic heterocycles. The van der Waals surface area contributed by atoms with Crippen molar-refractivity contribution in [3.63, 3.8) is 0 Å². The molecule has 0 amide bonds. The number of pyridine rings is 1. The van der Waals surface area contributed by atoms with E-state index in [9.17, 15) is 0 Å². The number of rotatable bonds is 5. The lowest BCUT2D eigenvalue weighted by Crippen LogP contribution is -2.17. The lowest BCUT2D eigenvalue weighted by atomic mass is 10.1. The zero-order chi connectivity index (χ0) is 22.8. The van der Waals surface area contributed by atoms with Crippen LogP contribution in [0.2, 0.25) is 0 Å². The van der Waals surface area contributed by atoms with E-state index < -0.39 is 0 Å². The second kappa shape index (κ2) is 8.38. The van der Waals surface area contributed by atoms with Gasteiger partial charge >= 0.3 is 0 Å². The highest BCUT2D eigenvalue weighted by atomic mass is 16.5. The predicted octanol–water partition coefficient (Wildman–Crippen LogP) is 5.45. The highest BCUT2D eigenvalue weighted by Gasteiger charge is 2.26. The summed E-state index contributed by atoms with van der Waals surface area (Å²) in [6, 6.07) is 16.0. The van der Waals surface area contributed by atoms with Crippen LogP contribution in [0.15, 0.2) is 72.2 Å². The number of benzene rings is 2. The lowest BCUT2D eigenvalue weighted by molar-refractivity contribution is 0.278. The zero-order valence-electron chi connectivity index (χ0n) is 18.7. The van der Waals surface area contributed by atoms with Gasteiger partial charge in [0.05, 0.1) is 17.3 Å². The summed E-state index contributed by atoms with van der Waals surface area (Å²) in [5.74, 6) is 2.17. The molecule has 1 aliphatic rings. The number of anilines is 3. The Hall–Kier alpha value is -4.20. The smallest absolute Gasteiger partial charge is 0.289 e. The molecule has 2 aromatic heterocycles. The molecule has 0 fully saturated rings. The SMILES string of the molecule is Cc1cc(Nc2ncnc3ccc(NC4=NC(C)(C)CO4)cc23)ccc1Oc1cccnc1. The van der Waals surface area contributed by atoms with Gasteiger partial charge in [0.2, 0.25) is 0 Å². The molecular formula is C25H24N6O2. The third-order valence-electron chi connectivity index (χ3n) is 5.15. The molecule has 0 unspecified atom stereocenters. The van der Waals surface area contributed by atoms with Gasteiger partial charge in [-0.2, -0.15) is 0 Å². The van der Waals surface area contributed by atoms with Gasteiger partial charge in [0.1, 0.15) is 30.3 Å². The van der Waals surface area contributed by atoms with Crippen LogP contribution in [-0.4, -0.2) is 33.1 Å². The molecule has 0 bridgehead atoms. The number of fused-ring (bicyclic) bond motifs is 1. The fourth-order valence-electron chi connectivity index (χ4n) is 3.52. The number of aryl methyl sites for hydroxylation is 1. The molecular weight excluding hydrogens is 416 g/mol. The first-order valence-corrected chi connectivity index (χ1v) is 10.7. The predicted molar refractivity (Wildman–Crippen MR) is 129 cm³/mol. The summed E-state index contributed by atoms with van der Waals surface area (Å²) in [5, 5.41) is 7.53. The van der Waals surface area contributed by atoms with Gasteiger partial charge in [-0.1, -0.05) is 0 Å². The number of ether oxygens (including phenoxy) is 2. The van der Waals surface area contributed by atoms with E-state index in [0.717, 1.165) is 33.6 Å². The normalized spacial score (nSPS) is 14.5. The van der Waals surface area contributed by atoms with Crippen molar-refractivity contribution in [3.05, 3.63) is 72.8 Å². The molecule has 0 saturated carbocycles. The van der Waals surface area contributed by atoms with Gasteiger partial charge in [0.15, 0.2) is 0 Å². The Bertz CT molecular complexity index is 1340. The van der Waals surface area contributed by atoms with Crippen molar-refractivity contribution in [2.45, 2.75) is 26.3 Å². The summed E-state index contributed by atoms with van der Waals surface area (Å²) in [4.78, 5) is 17.5. The third kappa shape index (κ3) is 4.69. The Labute approximate surface area is 191 Å². The van der Waals surface area contributed by atoms with Crippen LogP contribution < -0.4 is 15.4 Å². The molecule has 33 heavy (non-hydrogen) atoms. The highest BCUT2D eigenvalue weighted by molar-refractivity contribution is 5.97. The van der Waals surface area contributed by atoms with Crippen LogP contribution in [0, 0.1) is 6.92 Å². The van der Waals surface area contributed by atoms with Gasteiger partial charge in [-0.05, 0) is 74.9 Å². The summed E-state index contributed by atoms with van der Waals surface area (Å²) in [5.41, 5.74) is 3.35. The summed E-state index contributed by atoms with van der Waals surface area (Å²) in [6.45, 7) is 6.62. The highest BCUT2D eigenvalue weighted by Crippen LogP contribution is 2.30. The van der Waals surface area contributed by atoms with Gasteiger partial charge < -0.3 is 20.1 Å². The average Bonchev–Trinajstić information content (AvgIpc) is 3.15. The topological polar surface area (TPSA) is 93.6 Å². The Balaban J connectivity index is 1.39. The molecule has 2 N–H and O–H groups in total. The van der Waals surface area contributed by atoms with Crippen molar-refractivity contribution in [1.82, 2.24) is 15.0 Å². The van der Waals surface area contributed by atoms with E-state index in [1.807, 2.05) is 69.3 Å². The van der Waals surface area contributed by atoms with Gasteiger partial charge in [-0.25, -0.2) is 15.0 Å². The van der Waals surface area contributed by atoms with Crippen LogP contribution in [0.4, 0.5) is 17.2 Å². The Morgan fingerprint density at radius 2 is 1.85 bits per heavy atom. The zero-order valence-corrected chi connectivity index (χ0v) is 18.7. The van der Waals surface area contributed by atoms with E-state index in [1.165, 1.54) is 0 Å². The van der Waals surface area contributed by atoms with E-state index in [4.69, 9.17) is 9.47 Å². The van der Waals surface area contributed by atoms with E-state index in [2.05, 4.69) is 30.6 Å². The minimum absolute atomic E-state index is 0.222. The molecule has 2 aromatic carbocycles. The lowest BCUT2D eigenvalue weighted by Gasteiger charge is -2.13. The van der Waals surface area contributed by atoms with Gasteiger partial charge in [-0.15, -0.1) is 0 Å². The fraction of sp³-hybridized carbons (Fsp3) is 0.200. The minimum atomic E-state index is -0.222. The van der Waals surface area contributed by atoms with Crippen molar-refractivity contribution < 1.29 is 9.47 Å². The molecule has 4 aromatic rings. The van der Waals surface area contributed by atoms with Crippen molar-refractivity contribution in [2.75, 3.05) is 17.2 Å². The molecule has 166 valence electrons. The first-order valence-electron chi connectivity index (χ1n) is 10.7. The number of hydrogen-bond donors (Lipinski definition) is 2. The fourth-order valence-corrected chi connectivity index (χ4v) is 3.52. The number of nitrogens with one attached hydrogen (secondary N) is 2. The number of aliphatic imine (C=N–C) groups is 1. The van der Waals surface area contributed by atoms with Crippen LogP contribution in [-0.2, 0) is 4.74 Å². The number of amidine groups is 1. The maximum Gasteiger partial charge on any atom is 0.289 e. The summed E-state index contributed by atoms with van der Waals surface area (Å²) >= 11 is 0. The van der Waals surface area contributed by atoms with Crippen molar-refractivity contribution in [1.29, 1.82) is 0 Å². The molecule has 0 atom stereocenters. The maximum absolute atomic E-state index is 5.93. The second-order valence-corrected chi connectivity index (χ2v) is 8.49. The van der Waals surface area contributed by atoms with Crippen LogP contribution >= 0.6 is 0 Å².